The summed E-state index contributed by atoms with van der Waals surface area (Å²) in [5, 5.41) is 5.22. The van der Waals surface area contributed by atoms with Gasteiger partial charge in [-0.25, -0.2) is 8.78 Å². The molecule has 19 heavy (non-hydrogen) atoms. The van der Waals surface area contributed by atoms with Crippen LogP contribution in [0.25, 0.3) is 0 Å². The number of hydrogen-bond acceptors (Lipinski definition) is 2. The summed E-state index contributed by atoms with van der Waals surface area (Å²) in [5.74, 6) is -0.725. The van der Waals surface area contributed by atoms with Gasteiger partial charge < -0.3 is 5.32 Å². The van der Waals surface area contributed by atoms with Gasteiger partial charge in [-0.3, -0.25) is 0 Å². The first-order chi connectivity index (χ1) is 9.13. The monoisotopic (exact) mass is 281 g/mol. The summed E-state index contributed by atoms with van der Waals surface area (Å²) in [7, 11) is 0. The van der Waals surface area contributed by atoms with E-state index in [1.807, 2.05) is 24.4 Å². The van der Waals surface area contributed by atoms with Gasteiger partial charge in [0.2, 0.25) is 0 Å². The van der Waals surface area contributed by atoms with Crippen molar-refractivity contribution >= 4 is 11.3 Å². The highest BCUT2D eigenvalue weighted by Crippen LogP contribution is 2.29. The van der Waals surface area contributed by atoms with Crippen LogP contribution in [0.5, 0.6) is 0 Å². The van der Waals surface area contributed by atoms with Crippen molar-refractivity contribution in [3.8, 4) is 0 Å². The number of benzene rings is 1. The molecule has 2 rings (SSSR count). The van der Waals surface area contributed by atoms with Gasteiger partial charge in [-0.2, -0.15) is 0 Å². The molecule has 1 nitrogen and oxygen atoms in total. The molecule has 102 valence electrons. The summed E-state index contributed by atoms with van der Waals surface area (Å²) in [6.45, 7) is 4.38. The van der Waals surface area contributed by atoms with Gasteiger partial charge in [-0.1, -0.05) is 13.0 Å². The van der Waals surface area contributed by atoms with Crippen molar-refractivity contribution in [1.29, 1.82) is 0 Å². The van der Waals surface area contributed by atoms with E-state index in [0.717, 1.165) is 17.8 Å². The second kappa shape index (κ2) is 6.26. The minimum atomic E-state index is -0.365. The third-order valence-electron chi connectivity index (χ3n) is 3.02. The minimum absolute atomic E-state index is 0.282. The molecule has 0 amide bonds. The fourth-order valence-corrected chi connectivity index (χ4v) is 2.81. The van der Waals surface area contributed by atoms with Crippen LogP contribution in [0.3, 0.4) is 0 Å². The SMILES string of the molecule is CCCNC(c1cccs1)c1cc(F)c(C)cc1F. The summed E-state index contributed by atoms with van der Waals surface area (Å²) >= 11 is 1.54. The van der Waals surface area contributed by atoms with Crippen molar-refractivity contribution in [2.45, 2.75) is 26.3 Å². The summed E-state index contributed by atoms with van der Waals surface area (Å²) in [6.07, 6.45) is 0.942. The second-order valence-corrected chi connectivity index (χ2v) is 5.50. The lowest BCUT2D eigenvalue weighted by atomic mass is 10.0. The molecule has 0 bridgehead atoms. The molecule has 1 unspecified atom stereocenters. The van der Waals surface area contributed by atoms with Crippen molar-refractivity contribution in [2.75, 3.05) is 6.54 Å². The van der Waals surface area contributed by atoms with Crippen LogP contribution in [0.4, 0.5) is 8.78 Å². The number of thiophene rings is 1. The molecular weight excluding hydrogens is 264 g/mol. The van der Waals surface area contributed by atoms with E-state index in [4.69, 9.17) is 0 Å². The summed E-state index contributed by atoms with van der Waals surface area (Å²) < 4.78 is 27.8. The highest BCUT2D eigenvalue weighted by Gasteiger charge is 2.19. The van der Waals surface area contributed by atoms with E-state index in [1.54, 1.807) is 18.3 Å². The Balaban J connectivity index is 2.40. The van der Waals surface area contributed by atoms with Gasteiger partial charge in [0.15, 0.2) is 0 Å². The first-order valence-electron chi connectivity index (χ1n) is 6.35. The van der Waals surface area contributed by atoms with Crippen LogP contribution in [0, 0.1) is 18.6 Å². The molecule has 1 aromatic heterocycles. The average Bonchev–Trinajstić information content (AvgIpc) is 2.89. The number of nitrogens with one attached hydrogen (secondary N) is 1. The number of rotatable bonds is 5. The molecule has 0 radical (unpaired) electrons. The Morgan fingerprint density at radius 3 is 2.68 bits per heavy atom. The molecule has 1 atom stereocenters. The zero-order valence-electron chi connectivity index (χ0n) is 11.0. The summed E-state index contributed by atoms with van der Waals surface area (Å²) in [6, 6.07) is 6.14. The Labute approximate surface area is 116 Å². The van der Waals surface area contributed by atoms with Gasteiger partial charge in [0.1, 0.15) is 11.6 Å². The maximum atomic E-state index is 14.1. The largest absolute Gasteiger partial charge is 0.306 e. The highest BCUT2D eigenvalue weighted by atomic mass is 32.1. The van der Waals surface area contributed by atoms with Crippen LogP contribution >= 0.6 is 11.3 Å². The van der Waals surface area contributed by atoms with Gasteiger partial charge >= 0.3 is 0 Å². The van der Waals surface area contributed by atoms with Gasteiger partial charge in [-0.15, -0.1) is 11.3 Å². The molecule has 0 spiro atoms. The Morgan fingerprint density at radius 2 is 2.05 bits per heavy atom. The van der Waals surface area contributed by atoms with Crippen LogP contribution < -0.4 is 5.32 Å². The summed E-state index contributed by atoms with van der Waals surface area (Å²) in [4.78, 5) is 0.996. The van der Waals surface area contributed by atoms with E-state index >= 15 is 0 Å². The molecule has 2 aromatic rings. The predicted octanol–water partition coefficient (Wildman–Crippen LogP) is 4.42. The molecule has 0 saturated carbocycles. The van der Waals surface area contributed by atoms with Crippen LogP contribution in [0.15, 0.2) is 29.6 Å². The first-order valence-corrected chi connectivity index (χ1v) is 7.23. The molecule has 0 aliphatic rings. The smallest absolute Gasteiger partial charge is 0.128 e. The normalized spacial score (nSPS) is 12.6. The van der Waals surface area contributed by atoms with Gasteiger partial charge in [0.05, 0.1) is 6.04 Å². The van der Waals surface area contributed by atoms with Crippen LogP contribution in [0.2, 0.25) is 0 Å². The fourth-order valence-electron chi connectivity index (χ4n) is 1.99. The quantitative estimate of drug-likeness (QED) is 0.855. The summed E-state index contributed by atoms with van der Waals surface area (Å²) in [5.41, 5.74) is 0.709. The lowest BCUT2D eigenvalue weighted by Crippen LogP contribution is -2.23. The maximum Gasteiger partial charge on any atom is 0.128 e. The van der Waals surface area contributed by atoms with Crippen molar-refractivity contribution in [3.63, 3.8) is 0 Å². The van der Waals surface area contributed by atoms with Gasteiger partial charge in [0.25, 0.3) is 0 Å². The van der Waals surface area contributed by atoms with Crippen molar-refractivity contribution in [2.24, 2.45) is 0 Å². The lowest BCUT2D eigenvalue weighted by molar-refractivity contribution is 0.536. The second-order valence-electron chi connectivity index (χ2n) is 4.53. The Kier molecular flexibility index (Phi) is 4.66. The van der Waals surface area contributed by atoms with Gasteiger partial charge in [0, 0.05) is 10.4 Å². The van der Waals surface area contributed by atoms with Crippen LogP contribution in [-0.2, 0) is 0 Å². The first kappa shape index (κ1) is 14.2. The third kappa shape index (κ3) is 3.19. The zero-order valence-corrected chi connectivity index (χ0v) is 11.9. The molecule has 0 aliphatic heterocycles. The van der Waals surface area contributed by atoms with Crippen molar-refractivity contribution in [1.82, 2.24) is 5.32 Å². The molecule has 1 N–H and O–H groups in total. The molecular formula is C15H17F2NS. The van der Waals surface area contributed by atoms with E-state index in [2.05, 4.69) is 5.32 Å². The van der Waals surface area contributed by atoms with Crippen LogP contribution in [-0.4, -0.2) is 6.54 Å². The average molecular weight is 281 g/mol. The minimum Gasteiger partial charge on any atom is -0.306 e. The van der Waals surface area contributed by atoms with Crippen LogP contribution in [0.1, 0.15) is 35.4 Å². The van der Waals surface area contributed by atoms with E-state index in [1.165, 1.54) is 12.1 Å². The van der Waals surface area contributed by atoms with Crippen molar-refractivity contribution in [3.05, 3.63) is 57.3 Å². The zero-order chi connectivity index (χ0) is 13.8. The number of halogens is 2. The number of aryl methyl sites for hydroxylation is 1. The van der Waals surface area contributed by atoms with E-state index < -0.39 is 0 Å². The fraction of sp³-hybridized carbons (Fsp3) is 0.333. The van der Waals surface area contributed by atoms with Crippen molar-refractivity contribution < 1.29 is 8.78 Å². The molecule has 0 aliphatic carbocycles. The Hall–Kier alpha value is -1.26. The third-order valence-corrected chi connectivity index (χ3v) is 3.95. The molecule has 4 heteroatoms. The maximum absolute atomic E-state index is 14.1. The Bertz CT molecular complexity index is 537. The Morgan fingerprint density at radius 1 is 1.26 bits per heavy atom. The number of hydrogen-bond donors (Lipinski definition) is 1. The standard InChI is InChI=1S/C15H17F2NS/c1-3-6-18-15(14-5-4-7-19-14)11-9-12(16)10(2)8-13(11)17/h4-5,7-9,15,18H,3,6H2,1-2H3. The van der Waals surface area contributed by atoms with E-state index in [-0.39, 0.29) is 17.7 Å². The molecule has 0 saturated heterocycles. The lowest BCUT2D eigenvalue weighted by Gasteiger charge is -2.19. The topological polar surface area (TPSA) is 12.0 Å². The predicted molar refractivity (Wildman–Crippen MR) is 75.6 cm³/mol. The molecule has 1 aromatic carbocycles. The van der Waals surface area contributed by atoms with Gasteiger partial charge in [-0.05, 0) is 49.0 Å². The highest BCUT2D eigenvalue weighted by molar-refractivity contribution is 7.10. The van der Waals surface area contributed by atoms with E-state index in [0.29, 0.717) is 11.1 Å². The van der Waals surface area contributed by atoms with E-state index in [9.17, 15) is 8.78 Å². The molecule has 1 heterocycles. The molecule has 0 fully saturated rings.